The molecule has 1 heterocycles. The maximum atomic E-state index is 12.5. The number of benzene rings is 2. The van der Waals surface area contributed by atoms with Gasteiger partial charge >= 0.3 is 0 Å². The predicted octanol–water partition coefficient (Wildman–Crippen LogP) is 4.81. The van der Waals surface area contributed by atoms with Crippen LogP contribution in [0.3, 0.4) is 0 Å². The lowest BCUT2D eigenvalue weighted by molar-refractivity contribution is 0.103. The van der Waals surface area contributed by atoms with Crippen molar-refractivity contribution in [2.45, 2.75) is 6.42 Å². The van der Waals surface area contributed by atoms with Gasteiger partial charge < -0.3 is 4.74 Å². The predicted molar refractivity (Wildman–Crippen MR) is 80.5 cm³/mol. The van der Waals surface area contributed by atoms with Gasteiger partial charge in [0, 0.05) is 17.0 Å². The molecule has 0 radical (unpaired) electrons. The maximum absolute atomic E-state index is 12.5. The summed E-state index contributed by atoms with van der Waals surface area (Å²) in [4.78, 5) is 12.5. The quantitative estimate of drug-likeness (QED) is 0.740. The summed E-state index contributed by atoms with van der Waals surface area (Å²) >= 11 is 18.0. The van der Waals surface area contributed by atoms with E-state index in [-0.39, 0.29) is 21.4 Å². The zero-order valence-electron chi connectivity index (χ0n) is 10.3. The van der Waals surface area contributed by atoms with Gasteiger partial charge in [-0.05, 0) is 35.9 Å². The zero-order chi connectivity index (χ0) is 14.3. The lowest BCUT2D eigenvalue weighted by Crippen LogP contribution is -2.04. The summed E-state index contributed by atoms with van der Waals surface area (Å²) in [5, 5.41) is 0.910. The molecule has 1 aliphatic rings. The molecule has 20 heavy (non-hydrogen) atoms. The molecule has 0 atom stereocenters. The van der Waals surface area contributed by atoms with Crippen LogP contribution in [0.1, 0.15) is 21.5 Å². The van der Waals surface area contributed by atoms with E-state index in [0.717, 1.165) is 17.7 Å². The molecular weight excluding hydrogens is 319 g/mol. The Morgan fingerprint density at radius 2 is 1.75 bits per heavy atom. The molecule has 2 aromatic carbocycles. The van der Waals surface area contributed by atoms with Crippen LogP contribution >= 0.6 is 34.8 Å². The van der Waals surface area contributed by atoms with Gasteiger partial charge in [0.2, 0.25) is 0 Å². The second-order valence-electron chi connectivity index (χ2n) is 4.49. The second-order valence-corrected chi connectivity index (χ2v) is 5.75. The van der Waals surface area contributed by atoms with Crippen molar-refractivity contribution < 1.29 is 9.53 Å². The molecule has 5 heteroatoms. The molecular formula is C15H9Cl3O2. The molecule has 2 nitrogen and oxygen atoms in total. The van der Waals surface area contributed by atoms with Crippen LogP contribution in [0.15, 0.2) is 30.3 Å². The Morgan fingerprint density at radius 1 is 1.05 bits per heavy atom. The largest absolute Gasteiger partial charge is 0.493 e. The molecule has 0 aromatic heterocycles. The van der Waals surface area contributed by atoms with E-state index in [0.29, 0.717) is 17.2 Å². The Hall–Kier alpha value is -1.22. The molecule has 0 aliphatic carbocycles. The van der Waals surface area contributed by atoms with Crippen LogP contribution in [0.2, 0.25) is 15.1 Å². The molecule has 0 unspecified atom stereocenters. The van der Waals surface area contributed by atoms with E-state index in [1.165, 1.54) is 12.1 Å². The number of rotatable bonds is 2. The smallest absolute Gasteiger partial charge is 0.196 e. The average molecular weight is 328 g/mol. The van der Waals surface area contributed by atoms with Crippen molar-refractivity contribution in [3.8, 4) is 5.75 Å². The van der Waals surface area contributed by atoms with Crippen LogP contribution in [0.25, 0.3) is 0 Å². The van der Waals surface area contributed by atoms with Crippen molar-refractivity contribution in [3.63, 3.8) is 0 Å². The number of hydrogen-bond acceptors (Lipinski definition) is 2. The van der Waals surface area contributed by atoms with Crippen LogP contribution in [-0.2, 0) is 6.42 Å². The van der Waals surface area contributed by atoms with Crippen molar-refractivity contribution in [3.05, 3.63) is 62.1 Å². The molecule has 0 N–H and O–H groups in total. The van der Waals surface area contributed by atoms with Gasteiger partial charge in [0.1, 0.15) is 5.75 Å². The van der Waals surface area contributed by atoms with E-state index >= 15 is 0 Å². The summed E-state index contributed by atoms with van der Waals surface area (Å²) in [6, 6.07) is 8.37. The maximum Gasteiger partial charge on any atom is 0.196 e. The van der Waals surface area contributed by atoms with E-state index in [1.54, 1.807) is 12.1 Å². The first-order valence-corrected chi connectivity index (χ1v) is 7.14. The molecule has 0 bridgehead atoms. The summed E-state index contributed by atoms with van der Waals surface area (Å²) in [5.41, 5.74) is 1.84. The van der Waals surface area contributed by atoms with Crippen molar-refractivity contribution in [1.29, 1.82) is 0 Å². The summed E-state index contributed by atoms with van der Waals surface area (Å²) in [7, 11) is 0. The number of fused-ring (bicyclic) bond motifs is 1. The van der Waals surface area contributed by atoms with Crippen LogP contribution in [0.5, 0.6) is 5.75 Å². The molecule has 102 valence electrons. The van der Waals surface area contributed by atoms with Crippen LogP contribution in [0.4, 0.5) is 0 Å². The summed E-state index contributed by atoms with van der Waals surface area (Å²) in [6.45, 7) is 0.648. The Morgan fingerprint density at radius 3 is 2.45 bits per heavy atom. The topological polar surface area (TPSA) is 26.3 Å². The Balaban J connectivity index is 2.05. The third kappa shape index (κ3) is 2.39. The lowest BCUT2D eigenvalue weighted by atomic mass is 10.0. The Bertz CT molecular complexity index is 687. The SMILES string of the molecule is O=C(c1ccc2c(c1)CCO2)c1c(Cl)cc(Cl)cc1Cl. The standard InChI is InChI=1S/C15H9Cl3O2/c16-10-6-11(17)14(12(18)7-10)15(19)9-1-2-13-8(5-9)3-4-20-13/h1-2,5-7H,3-4H2. The van der Waals surface area contributed by atoms with Crippen LogP contribution in [0, 0.1) is 0 Å². The van der Waals surface area contributed by atoms with Crippen LogP contribution < -0.4 is 4.74 Å². The van der Waals surface area contributed by atoms with Gasteiger partial charge in [-0.1, -0.05) is 34.8 Å². The summed E-state index contributed by atoms with van der Waals surface area (Å²) in [6.07, 6.45) is 0.804. The molecule has 2 aromatic rings. The number of hydrogen-bond donors (Lipinski definition) is 0. The van der Waals surface area contributed by atoms with E-state index < -0.39 is 0 Å². The number of carbonyl (C=O) groups is 1. The normalized spacial score (nSPS) is 12.9. The first-order valence-electron chi connectivity index (χ1n) is 6.01. The summed E-state index contributed by atoms with van der Waals surface area (Å²) < 4.78 is 5.42. The van der Waals surface area contributed by atoms with Gasteiger partial charge in [0.05, 0.1) is 22.2 Å². The fraction of sp³-hybridized carbons (Fsp3) is 0.133. The first-order chi connectivity index (χ1) is 9.56. The monoisotopic (exact) mass is 326 g/mol. The van der Waals surface area contributed by atoms with Crippen LogP contribution in [-0.4, -0.2) is 12.4 Å². The van der Waals surface area contributed by atoms with E-state index in [4.69, 9.17) is 39.5 Å². The number of halogens is 3. The van der Waals surface area contributed by atoms with E-state index in [2.05, 4.69) is 0 Å². The minimum absolute atomic E-state index is 0.216. The molecule has 3 rings (SSSR count). The molecule has 0 spiro atoms. The van der Waals surface area contributed by atoms with Gasteiger partial charge in [-0.25, -0.2) is 0 Å². The van der Waals surface area contributed by atoms with E-state index in [1.807, 2.05) is 6.07 Å². The fourth-order valence-corrected chi connectivity index (χ4v) is 3.22. The highest BCUT2D eigenvalue weighted by Crippen LogP contribution is 2.32. The van der Waals surface area contributed by atoms with E-state index in [9.17, 15) is 4.79 Å². The van der Waals surface area contributed by atoms with Gasteiger partial charge in [-0.15, -0.1) is 0 Å². The molecule has 0 amide bonds. The average Bonchev–Trinajstić information content (AvgIpc) is 2.84. The fourth-order valence-electron chi connectivity index (χ4n) is 2.23. The van der Waals surface area contributed by atoms with Gasteiger partial charge in [0.15, 0.2) is 5.78 Å². The van der Waals surface area contributed by atoms with Crippen molar-refractivity contribution in [2.75, 3.05) is 6.61 Å². The number of carbonyl (C=O) groups excluding carboxylic acids is 1. The Labute approximate surface area is 131 Å². The summed E-state index contributed by atoms with van der Waals surface area (Å²) in [5.74, 6) is 0.612. The lowest BCUT2D eigenvalue weighted by Gasteiger charge is -2.08. The number of ether oxygens (including phenoxy) is 1. The highest BCUT2D eigenvalue weighted by molar-refractivity contribution is 6.43. The minimum atomic E-state index is -0.216. The van der Waals surface area contributed by atoms with Gasteiger partial charge in [-0.2, -0.15) is 0 Å². The molecule has 0 fully saturated rings. The highest BCUT2D eigenvalue weighted by Gasteiger charge is 2.20. The van der Waals surface area contributed by atoms with Crippen molar-refractivity contribution in [1.82, 2.24) is 0 Å². The zero-order valence-corrected chi connectivity index (χ0v) is 12.5. The van der Waals surface area contributed by atoms with Gasteiger partial charge in [0.25, 0.3) is 0 Å². The van der Waals surface area contributed by atoms with Gasteiger partial charge in [-0.3, -0.25) is 4.79 Å². The molecule has 0 saturated heterocycles. The van der Waals surface area contributed by atoms with Crippen molar-refractivity contribution in [2.24, 2.45) is 0 Å². The second kappa shape index (κ2) is 5.28. The first kappa shape index (κ1) is 13.7. The molecule has 0 saturated carbocycles. The molecule has 1 aliphatic heterocycles. The number of ketones is 1. The third-order valence-corrected chi connectivity index (χ3v) is 4.00. The minimum Gasteiger partial charge on any atom is -0.493 e. The highest BCUT2D eigenvalue weighted by atomic mass is 35.5. The van der Waals surface area contributed by atoms with Crippen molar-refractivity contribution >= 4 is 40.6 Å². The Kier molecular flexibility index (Phi) is 3.63. The third-order valence-electron chi connectivity index (χ3n) is 3.19.